The lowest BCUT2D eigenvalue weighted by Crippen LogP contribution is -2.29. The van der Waals surface area contributed by atoms with Crippen LogP contribution in [0, 0.1) is 0 Å². The molecule has 1 aromatic heterocycles. The van der Waals surface area contributed by atoms with Gasteiger partial charge in [0.25, 0.3) is 0 Å². The molecule has 6 heteroatoms. The number of halogens is 3. The van der Waals surface area contributed by atoms with E-state index in [0.29, 0.717) is 5.02 Å². The summed E-state index contributed by atoms with van der Waals surface area (Å²) in [7, 11) is 0. The first kappa shape index (κ1) is 14.5. The van der Waals surface area contributed by atoms with Crippen molar-refractivity contribution < 1.29 is 0 Å². The SMILES string of the molecule is NNC(Cc1cc(Br)cs1)c1cccc(Br)c1Cl. The van der Waals surface area contributed by atoms with Crippen LogP contribution in [0.2, 0.25) is 5.02 Å². The zero-order valence-corrected chi connectivity index (χ0v) is 14.0. The van der Waals surface area contributed by atoms with Gasteiger partial charge >= 0.3 is 0 Å². The van der Waals surface area contributed by atoms with Gasteiger partial charge in [0.1, 0.15) is 0 Å². The largest absolute Gasteiger partial charge is 0.271 e. The monoisotopic (exact) mass is 408 g/mol. The number of nitrogens with one attached hydrogen (secondary N) is 1. The van der Waals surface area contributed by atoms with Crippen LogP contribution in [0.3, 0.4) is 0 Å². The van der Waals surface area contributed by atoms with Crippen molar-refractivity contribution in [1.82, 2.24) is 5.43 Å². The van der Waals surface area contributed by atoms with Gasteiger partial charge in [-0.1, -0.05) is 23.7 Å². The Kier molecular flexibility index (Phi) is 5.24. The van der Waals surface area contributed by atoms with E-state index in [-0.39, 0.29) is 6.04 Å². The highest BCUT2D eigenvalue weighted by molar-refractivity contribution is 9.10. The second kappa shape index (κ2) is 6.50. The molecule has 2 nitrogen and oxygen atoms in total. The molecule has 0 bridgehead atoms. The van der Waals surface area contributed by atoms with Gasteiger partial charge in [-0.25, -0.2) is 0 Å². The molecule has 0 aliphatic heterocycles. The number of hydrazine groups is 1. The first-order valence-electron chi connectivity index (χ1n) is 5.24. The number of nitrogens with two attached hydrogens (primary N) is 1. The molecule has 3 N–H and O–H groups in total. The molecule has 0 radical (unpaired) electrons. The topological polar surface area (TPSA) is 38.0 Å². The second-order valence-electron chi connectivity index (χ2n) is 3.80. The minimum Gasteiger partial charge on any atom is -0.271 e. The highest BCUT2D eigenvalue weighted by Crippen LogP contribution is 2.32. The molecule has 0 amide bonds. The molecular weight excluding hydrogens is 399 g/mol. The molecule has 2 rings (SSSR count). The fourth-order valence-electron chi connectivity index (χ4n) is 1.71. The van der Waals surface area contributed by atoms with Crippen LogP contribution in [0.25, 0.3) is 0 Å². The predicted molar refractivity (Wildman–Crippen MR) is 84.9 cm³/mol. The van der Waals surface area contributed by atoms with Gasteiger partial charge in [0.2, 0.25) is 0 Å². The van der Waals surface area contributed by atoms with E-state index in [9.17, 15) is 0 Å². The molecule has 1 unspecified atom stereocenters. The van der Waals surface area contributed by atoms with Crippen molar-refractivity contribution in [1.29, 1.82) is 0 Å². The molecule has 96 valence electrons. The third kappa shape index (κ3) is 3.35. The van der Waals surface area contributed by atoms with E-state index in [1.165, 1.54) is 4.88 Å². The van der Waals surface area contributed by atoms with Crippen LogP contribution in [-0.2, 0) is 6.42 Å². The van der Waals surface area contributed by atoms with Crippen LogP contribution in [0.4, 0.5) is 0 Å². The maximum absolute atomic E-state index is 6.29. The van der Waals surface area contributed by atoms with Crippen LogP contribution in [0.5, 0.6) is 0 Å². The summed E-state index contributed by atoms with van der Waals surface area (Å²) in [5, 5.41) is 2.77. The summed E-state index contributed by atoms with van der Waals surface area (Å²) in [6.45, 7) is 0. The molecule has 1 heterocycles. The summed E-state index contributed by atoms with van der Waals surface area (Å²) in [6, 6.07) is 7.96. The Balaban J connectivity index is 2.25. The van der Waals surface area contributed by atoms with Crippen molar-refractivity contribution in [3.05, 3.63) is 54.1 Å². The van der Waals surface area contributed by atoms with E-state index in [2.05, 4.69) is 48.7 Å². The van der Waals surface area contributed by atoms with Crippen LogP contribution >= 0.6 is 54.8 Å². The Morgan fingerprint density at radius 3 is 2.78 bits per heavy atom. The second-order valence-corrected chi connectivity index (χ2v) is 6.94. The van der Waals surface area contributed by atoms with E-state index in [1.807, 2.05) is 18.2 Å². The normalized spacial score (nSPS) is 12.7. The third-order valence-corrected chi connectivity index (χ3v) is 5.62. The van der Waals surface area contributed by atoms with E-state index in [0.717, 1.165) is 20.9 Å². The van der Waals surface area contributed by atoms with E-state index >= 15 is 0 Å². The average molecular weight is 411 g/mol. The summed E-state index contributed by atoms with van der Waals surface area (Å²) >= 11 is 14.9. The Bertz CT molecular complexity index is 545. The Hall–Kier alpha value is 0.0900. The number of hydrogen-bond donors (Lipinski definition) is 2. The minimum absolute atomic E-state index is 0.000509. The standard InChI is InChI=1S/C12H11Br2ClN2S/c13-7-4-8(18-6-7)5-11(17-16)9-2-1-3-10(14)12(9)15/h1-4,6,11,17H,5,16H2. The van der Waals surface area contributed by atoms with Crippen molar-refractivity contribution in [3.8, 4) is 0 Å². The van der Waals surface area contributed by atoms with Gasteiger partial charge in [-0.15, -0.1) is 11.3 Å². The Morgan fingerprint density at radius 2 is 2.17 bits per heavy atom. The fourth-order valence-corrected chi connectivity index (χ4v) is 3.85. The molecule has 0 fully saturated rings. The molecule has 2 aromatic rings. The van der Waals surface area contributed by atoms with Gasteiger partial charge < -0.3 is 0 Å². The molecule has 0 spiro atoms. The molecule has 0 aliphatic rings. The van der Waals surface area contributed by atoms with Gasteiger partial charge in [0, 0.05) is 25.6 Å². The smallest absolute Gasteiger partial charge is 0.0596 e. The zero-order chi connectivity index (χ0) is 13.1. The molecular formula is C12H11Br2ClN2S. The third-order valence-electron chi connectivity index (χ3n) is 2.59. The fraction of sp³-hybridized carbons (Fsp3) is 0.167. The van der Waals surface area contributed by atoms with Crippen LogP contribution in [0.15, 0.2) is 38.6 Å². The lowest BCUT2D eigenvalue weighted by Gasteiger charge is -2.17. The summed E-state index contributed by atoms with van der Waals surface area (Å²) < 4.78 is 1.98. The van der Waals surface area contributed by atoms with Crippen LogP contribution in [0.1, 0.15) is 16.5 Å². The van der Waals surface area contributed by atoms with Gasteiger partial charge in [-0.3, -0.25) is 11.3 Å². The van der Waals surface area contributed by atoms with Crippen molar-refractivity contribution >= 4 is 54.8 Å². The molecule has 1 aromatic carbocycles. The Labute approximate surface area is 132 Å². The average Bonchev–Trinajstić information content (AvgIpc) is 2.76. The van der Waals surface area contributed by atoms with Crippen LogP contribution in [-0.4, -0.2) is 0 Å². The van der Waals surface area contributed by atoms with Gasteiger partial charge in [0.15, 0.2) is 0 Å². The van der Waals surface area contributed by atoms with Crippen molar-refractivity contribution in [3.63, 3.8) is 0 Å². The Morgan fingerprint density at radius 1 is 1.39 bits per heavy atom. The van der Waals surface area contributed by atoms with Crippen molar-refractivity contribution in [2.24, 2.45) is 5.84 Å². The first-order valence-corrected chi connectivity index (χ1v) is 8.09. The van der Waals surface area contributed by atoms with Gasteiger partial charge in [0.05, 0.1) is 11.1 Å². The summed E-state index contributed by atoms with van der Waals surface area (Å²) in [5.41, 5.74) is 3.83. The quantitative estimate of drug-likeness (QED) is 0.568. The first-order chi connectivity index (χ1) is 8.61. The maximum Gasteiger partial charge on any atom is 0.0596 e. The van der Waals surface area contributed by atoms with E-state index in [4.69, 9.17) is 17.4 Å². The molecule has 18 heavy (non-hydrogen) atoms. The molecule has 0 saturated carbocycles. The van der Waals surface area contributed by atoms with E-state index in [1.54, 1.807) is 11.3 Å². The number of thiophene rings is 1. The van der Waals surface area contributed by atoms with Gasteiger partial charge in [-0.2, -0.15) is 0 Å². The van der Waals surface area contributed by atoms with Crippen LogP contribution < -0.4 is 11.3 Å². The molecule has 0 saturated heterocycles. The summed E-state index contributed by atoms with van der Waals surface area (Å²) in [4.78, 5) is 1.25. The molecule has 1 atom stereocenters. The highest BCUT2D eigenvalue weighted by atomic mass is 79.9. The van der Waals surface area contributed by atoms with Crippen molar-refractivity contribution in [2.45, 2.75) is 12.5 Å². The predicted octanol–water partition coefficient (Wildman–Crippen LogP) is 4.67. The summed E-state index contributed by atoms with van der Waals surface area (Å²) in [6.07, 6.45) is 0.808. The number of rotatable bonds is 4. The lowest BCUT2D eigenvalue weighted by molar-refractivity contribution is 0.555. The summed E-state index contributed by atoms with van der Waals surface area (Å²) in [5.74, 6) is 5.65. The lowest BCUT2D eigenvalue weighted by atomic mass is 10.0. The molecule has 0 aliphatic carbocycles. The van der Waals surface area contributed by atoms with E-state index < -0.39 is 0 Å². The minimum atomic E-state index is 0.000509. The zero-order valence-electron chi connectivity index (χ0n) is 9.29. The highest BCUT2D eigenvalue weighted by Gasteiger charge is 2.16. The van der Waals surface area contributed by atoms with Crippen molar-refractivity contribution in [2.75, 3.05) is 0 Å². The maximum atomic E-state index is 6.29. The number of benzene rings is 1. The van der Waals surface area contributed by atoms with Gasteiger partial charge in [-0.05, 0) is 49.6 Å². The number of hydrogen-bond acceptors (Lipinski definition) is 3.